The maximum atomic E-state index is 12.5. The van der Waals surface area contributed by atoms with Crippen molar-refractivity contribution < 1.29 is 35.9 Å². The number of benzene rings is 1. The maximum absolute atomic E-state index is 12.5. The number of furan rings is 1. The van der Waals surface area contributed by atoms with Gasteiger partial charge in [0.2, 0.25) is 10.0 Å². The highest BCUT2D eigenvalue weighted by atomic mass is 32.2. The van der Waals surface area contributed by atoms with Crippen LogP contribution < -0.4 is 4.72 Å². The highest BCUT2D eigenvalue weighted by Gasteiger charge is 2.31. The molecule has 2 N–H and O–H groups in total. The number of carboxylic acid groups (broad SMARTS) is 1. The molecule has 0 aliphatic rings. The number of carbonyl (C=O) groups is 1. The summed E-state index contributed by atoms with van der Waals surface area (Å²) < 4.78 is 69.5. The third-order valence-corrected chi connectivity index (χ3v) is 4.99. The van der Waals surface area contributed by atoms with Gasteiger partial charge in [-0.25, -0.2) is 17.9 Å². The van der Waals surface area contributed by atoms with E-state index >= 15 is 0 Å². The molecule has 1 aromatic carbocycles. The second-order valence-corrected chi connectivity index (χ2v) is 6.95. The summed E-state index contributed by atoms with van der Waals surface area (Å²) >= 11 is 0. The number of hydrogen-bond donors (Lipinski definition) is 2. The van der Waals surface area contributed by atoms with E-state index in [1.54, 1.807) is 0 Å². The van der Waals surface area contributed by atoms with Crippen LogP contribution in [0.15, 0.2) is 33.6 Å². The zero-order chi connectivity index (χ0) is 19.0. The second-order valence-electron chi connectivity index (χ2n) is 5.24. The van der Waals surface area contributed by atoms with Crippen molar-refractivity contribution in [1.82, 2.24) is 4.72 Å². The van der Waals surface area contributed by atoms with Gasteiger partial charge in [0.15, 0.2) is 0 Å². The van der Waals surface area contributed by atoms with Gasteiger partial charge in [-0.05, 0) is 31.5 Å². The van der Waals surface area contributed by atoms with E-state index in [9.17, 15) is 26.4 Å². The van der Waals surface area contributed by atoms with Crippen molar-refractivity contribution in [3.63, 3.8) is 0 Å². The summed E-state index contributed by atoms with van der Waals surface area (Å²) in [4.78, 5) is 10.8. The van der Waals surface area contributed by atoms with Crippen LogP contribution >= 0.6 is 0 Å². The van der Waals surface area contributed by atoms with Gasteiger partial charge in [-0.2, -0.15) is 13.2 Å². The first-order chi connectivity index (χ1) is 11.4. The minimum atomic E-state index is -4.49. The van der Waals surface area contributed by atoms with Crippen LogP contribution in [0.5, 0.6) is 0 Å². The van der Waals surface area contributed by atoms with Crippen molar-refractivity contribution >= 4 is 16.0 Å². The summed E-state index contributed by atoms with van der Waals surface area (Å²) in [6.07, 6.45) is -4.49. The molecule has 1 aromatic heterocycles. The minimum Gasteiger partial charge on any atom is -0.478 e. The molecule has 136 valence electrons. The summed E-state index contributed by atoms with van der Waals surface area (Å²) in [6, 6.07) is 3.94. The van der Waals surface area contributed by atoms with Gasteiger partial charge in [-0.1, -0.05) is 12.1 Å². The number of aryl methyl sites for hydroxylation is 2. The van der Waals surface area contributed by atoms with Crippen molar-refractivity contribution in [1.29, 1.82) is 0 Å². The largest absolute Gasteiger partial charge is 0.478 e. The van der Waals surface area contributed by atoms with Crippen molar-refractivity contribution in [2.45, 2.75) is 31.5 Å². The van der Waals surface area contributed by atoms with Gasteiger partial charge in [0, 0.05) is 6.54 Å². The summed E-state index contributed by atoms with van der Waals surface area (Å²) in [7, 11) is -4.23. The summed E-state index contributed by atoms with van der Waals surface area (Å²) in [6.45, 7) is 2.33. The van der Waals surface area contributed by atoms with E-state index in [-0.39, 0.29) is 23.6 Å². The Bertz CT molecular complexity index is 898. The molecule has 25 heavy (non-hydrogen) atoms. The van der Waals surface area contributed by atoms with Gasteiger partial charge in [0.1, 0.15) is 22.0 Å². The highest BCUT2D eigenvalue weighted by molar-refractivity contribution is 7.89. The average Bonchev–Trinajstić information content (AvgIpc) is 2.80. The van der Waals surface area contributed by atoms with Gasteiger partial charge in [-0.3, -0.25) is 0 Å². The molecule has 1 heterocycles. The molecule has 0 bridgehead atoms. The quantitative estimate of drug-likeness (QED) is 0.835. The first-order valence-corrected chi connectivity index (χ1v) is 8.41. The fourth-order valence-electron chi connectivity index (χ4n) is 2.30. The third kappa shape index (κ3) is 4.02. The molecule has 0 fully saturated rings. The molecule has 2 rings (SSSR count). The first-order valence-electron chi connectivity index (χ1n) is 6.92. The number of rotatable bonds is 5. The van der Waals surface area contributed by atoms with Crippen LogP contribution in [-0.2, 0) is 22.7 Å². The predicted molar refractivity (Wildman–Crippen MR) is 80.6 cm³/mol. The predicted octanol–water partition coefficient (Wildman–Crippen LogP) is 3.09. The molecule has 0 saturated carbocycles. The third-order valence-electron chi connectivity index (χ3n) is 3.44. The van der Waals surface area contributed by atoms with Crippen LogP contribution in [0.1, 0.15) is 33.0 Å². The van der Waals surface area contributed by atoms with Gasteiger partial charge in [0.25, 0.3) is 0 Å². The Hall–Kier alpha value is -2.33. The molecule has 0 radical (unpaired) electrons. The number of halogens is 3. The van der Waals surface area contributed by atoms with E-state index in [1.807, 2.05) is 0 Å². The highest BCUT2D eigenvalue weighted by Crippen LogP contribution is 2.29. The number of alkyl halides is 3. The fraction of sp³-hybridized carbons (Fsp3) is 0.267. The van der Waals surface area contributed by atoms with Crippen LogP contribution in [0.3, 0.4) is 0 Å². The molecular formula is C15H14F3NO5S. The Labute approximate surface area is 141 Å². The molecule has 0 aliphatic carbocycles. The van der Waals surface area contributed by atoms with Gasteiger partial charge in [-0.15, -0.1) is 0 Å². The van der Waals surface area contributed by atoms with E-state index < -0.39 is 38.2 Å². The van der Waals surface area contributed by atoms with E-state index in [0.29, 0.717) is 0 Å². The van der Waals surface area contributed by atoms with Crippen LogP contribution in [0.4, 0.5) is 13.2 Å². The fourth-order valence-corrected chi connectivity index (χ4v) is 3.72. The van der Waals surface area contributed by atoms with E-state index in [4.69, 9.17) is 9.52 Å². The molecule has 0 atom stereocenters. The summed E-state index contributed by atoms with van der Waals surface area (Å²) in [5.74, 6) is -1.60. The second kappa shape index (κ2) is 6.52. The Balaban J connectivity index is 2.25. The molecule has 0 aliphatic heterocycles. The number of hydrogen-bond acceptors (Lipinski definition) is 4. The Morgan fingerprint density at radius 2 is 1.72 bits per heavy atom. The lowest BCUT2D eigenvalue weighted by atomic mass is 10.1. The first kappa shape index (κ1) is 19.0. The van der Waals surface area contributed by atoms with Crippen LogP contribution in [0.25, 0.3) is 0 Å². The summed E-state index contributed by atoms with van der Waals surface area (Å²) in [5.41, 5.74) is -1.04. The number of nitrogens with one attached hydrogen (secondary N) is 1. The molecule has 6 nitrogen and oxygen atoms in total. The van der Waals surface area contributed by atoms with Gasteiger partial charge < -0.3 is 9.52 Å². The Morgan fingerprint density at radius 1 is 1.16 bits per heavy atom. The van der Waals surface area contributed by atoms with Crippen molar-refractivity contribution in [2.75, 3.05) is 0 Å². The van der Waals surface area contributed by atoms with Gasteiger partial charge >= 0.3 is 12.1 Å². The summed E-state index contributed by atoms with van der Waals surface area (Å²) in [5, 5.41) is 9.16. The number of carboxylic acids is 1. The van der Waals surface area contributed by atoms with E-state index in [1.165, 1.54) is 13.8 Å². The molecule has 0 amide bonds. The Kier molecular flexibility index (Phi) is 4.96. The Morgan fingerprint density at radius 3 is 2.20 bits per heavy atom. The van der Waals surface area contributed by atoms with Crippen molar-refractivity contribution in [2.24, 2.45) is 0 Å². The molecule has 2 aromatic rings. The van der Waals surface area contributed by atoms with Crippen LogP contribution in [0, 0.1) is 13.8 Å². The average molecular weight is 377 g/mol. The SMILES string of the molecule is Cc1oc(C)c(S(=O)(=O)NCc2ccc(C(F)(F)F)cc2)c1C(=O)O. The zero-order valence-corrected chi connectivity index (χ0v) is 14.0. The van der Waals surface area contributed by atoms with Crippen molar-refractivity contribution in [3.05, 3.63) is 52.5 Å². The smallest absolute Gasteiger partial charge is 0.416 e. The molecule has 10 heteroatoms. The zero-order valence-electron chi connectivity index (χ0n) is 13.1. The normalized spacial score (nSPS) is 12.4. The lowest BCUT2D eigenvalue weighted by molar-refractivity contribution is -0.137. The lowest BCUT2D eigenvalue weighted by Crippen LogP contribution is -2.25. The number of aromatic carboxylic acids is 1. The van der Waals surface area contributed by atoms with Crippen LogP contribution in [-0.4, -0.2) is 19.5 Å². The van der Waals surface area contributed by atoms with Gasteiger partial charge in [0.05, 0.1) is 5.56 Å². The van der Waals surface area contributed by atoms with Crippen LogP contribution in [0.2, 0.25) is 0 Å². The van der Waals surface area contributed by atoms with E-state index in [0.717, 1.165) is 24.3 Å². The minimum absolute atomic E-state index is 0.0556. The molecule has 0 spiro atoms. The molecular weight excluding hydrogens is 363 g/mol. The monoisotopic (exact) mass is 377 g/mol. The van der Waals surface area contributed by atoms with Crippen molar-refractivity contribution in [3.8, 4) is 0 Å². The molecule has 0 unspecified atom stereocenters. The standard InChI is InChI=1S/C15H14F3NO5S/c1-8-12(14(20)21)13(9(2)24-8)25(22,23)19-7-10-3-5-11(6-4-10)15(16,17)18/h3-6,19H,7H2,1-2H3,(H,20,21). The van der Waals surface area contributed by atoms with E-state index in [2.05, 4.69) is 4.72 Å². The lowest BCUT2D eigenvalue weighted by Gasteiger charge is -2.09. The maximum Gasteiger partial charge on any atom is 0.416 e. The number of sulfonamides is 1. The molecule has 0 saturated heterocycles. The topological polar surface area (TPSA) is 96.6 Å².